The normalized spacial score (nSPS) is 12.7. The number of carbonyl (C=O) groups excluding carboxylic acids is 1. The van der Waals surface area contributed by atoms with Crippen molar-refractivity contribution in [2.24, 2.45) is 0 Å². The van der Waals surface area contributed by atoms with E-state index in [1.807, 2.05) is 24.3 Å². The van der Waals surface area contributed by atoms with E-state index in [0.29, 0.717) is 16.9 Å². The lowest BCUT2D eigenvalue weighted by Crippen LogP contribution is -2.28. The molecule has 0 aromatic heterocycles. The van der Waals surface area contributed by atoms with Gasteiger partial charge in [0.1, 0.15) is 17.2 Å². The van der Waals surface area contributed by atoms with E-state index in [1.54, 1.807) is 31.4 Å². The third kappa shape index (κ3) is 4.49. The highest BCUT2D eigenvalue weighted by molar-refractivity contribution is 6.09. The average molecular weight is 573 g/mol. The number of aryl methyl sites for hydroxylation is 2. The van der Waals surface area contributed by atoms with Crippen molar-refractivity contribution < 1.29 is 14.3 Å². The first kappa shape index (κ1) is 27.4. The number of rotatable bonds is 7. The number of carbonyl (C=O) groups is 1. The number of ether oxygens (including phenoxy) is 2. The van der Waals surface area contributed by atoms with Crippen LogP contribution < -0.4 is 9.47 Å². The Labute approximate surface area is 258 Å². The molecule has 0 fully saturated rings. The summed E-state index contributed by atoms with van der Waals surface area (Å²) < 4.78 is 11.6. The van der Waals surface area contributed by atoms with Crippen LogP contribution >= 0.6 is 0 Å². The Morgan fingerprint density at radius 3 is 1.64 bits per heavy atom. The minimum Gasteiger partial charge on any atom is -0.497 e. The maximum Gasteiger partial charge on any atom is 0.193 e. The summed E-state index contributed by atoms with van der Waals surface area (Å²) in [5, 5.41) is 0. The van der Waals surface area contributed by atoms with Gasteiger partial charge in [-0.2, -0.15) is 0 Å². The molecule has 3 nitrogen and oxygen atoms in total. The van der Waals surface area contributed by atoms with Crippen LogP contribution in [0, 0.1) is 13.8 Å². The molecule has 0 atom stereocenters. The topological polar surface area (TPSA) is 35.5 Å². The van der Waals surface area contributed by atoms with Gasteiger partial charge in [-0.1, -0.05) is 90.5 Å². The van der Waals surface area contributed by atoms with Crippen LogP contribution in [0.4, 0.5) is 0 Å². The van der Waals surface area contributed by atoms with Gasteiger partial charge in [0, 0.05) is 11.1 Å². The quantitative estimate of drug-likeness (QED) is 0.178. The molecule has 0 saturated heterocycles. The first-order valence-corrected chi connectivity index (χ1v) is 14.8. The first-order chi connectivity index (χ1) is 21.5. The Morgan fingerprint density at radius 1 is 0.568 bits per heavy atom. The third-order valence-electron chi connectivity index (χ3n) is 8.74. The molecule has 0 bridgehead atoms. The third-order valence-corrected chi connectivity index (χ3v) is 8.74. The zero-order valence-corrected chi connectivity index (χ0v) is 25.0. The molecule has 0 saturated carbocycles. The standard InChI is InChI=1S/C41H32O3/c1-27-12-18-31(19-13-27)41(37-10-6-4-8-35(37)36-9-5-7-11-38(36)41)32-20-25-39(28(2)26-32)44-34-23-16-30(17-24-34)40(42)29-14-21-33(43-3)22-15-29/h4-26H,1-3H3. The molecule has 1 aliphatic rings. The molecule has 6 aromatic carbocycles. The first-order valence-electron chi connectivity index (χ1n) is 14.8. The van der Waals surface area contributed by atoms with Crippen molar-refractivity contribution in [1.29, 1.82) is 0 Å². The van der Waals surface area contributed by atoms with Crippen LogP contribution in [0.3, 0.4) is 0 Å². The Hall–Kier alpha value is -5.41. The minimum absolute atomic E-state index is 0.0433. The SMILES string of the molecule is COc1ccc(C(=O)c2ccc(Oc3ccc(C4(c5ccc(C)cc5)c5ccccc5-c5ccccc54)cc3C)cc2)cc1. The zero-order valence-electron chi connectivity index (χ0n) is 25.0. The molecule has 0 heterocycles. The van der Waals surface area contributed by atoms with Crippen LogP contribution in [0.25, 0.3) is 11.1 Å². The van der Waals surface area contributed by atoms with Gasteiger partial charge in [0.05, 0.1) is 12.5 Å². The van der Waals surface area contributed by atoms with Crippen molar-refractivity contribution >= 4 is 5.78 Å². The van der Waals surface area contributed by atoms with Gasteiger partial charge in [-0.25, -0.2) is 0 Å². The van der Waals surface area contributed by atoms with Gasteiger partial charge >= 0.3 is 0 Å². The van der Waals surface area contributed by atoms with Crippen molar-refractivity contribution in [3.8, 4) is 28.4 Å². The molecule has 0 radical (unpaired) electrons. The van der Waals surface area contributed by atoms with Crippen LogP contribution in [0.2, 0.25) is 0 Å². The number of hydrogen-bond acceptors (Lipinski definition) is 3. The highest BCUT2D eigenvalue weighted by Gasteiger charge is 2.46. The van der Waals surface area contributed by atoms with E-state index < -0.39 is 5.41 Å². The van der Waals surface area contributed by atoms with Gasteiger partial charge in [-0.15, -0.1) is 0 Å². The molecular formula is C41H32O3. The van der Waals surface area contributed by atoms with E-state index in [1.165, 1.54) is 38.9 Å². The monoisotopic (exact) mass is 572 g/mol. The van der Waals surface area contributed by atoms with Gasteiger partial charge < -0.3 is 9.47 Å². The van der Waals surface area contributed by atoms with Gasteiger partial charge in [-0.05, 0) is 107 Å². The summed E-state index contributed by atoms with van der Waals surface area (Å²) in [6, 6.07) is 47.5. The fourth-order valence-electron chi connectivity index (χ4n) is 6.53. The summed E-state index contributed by atoms with van der Waals surface area (Å²) in [5.41, 5.74) is 10.6. The lowest BCUT2D eigenvalue weighted by Gasteiger charge is -2.34. The molecule has 0 unspecified atom stereocenters. The van der Waals surface area contributed by atoms with E-state index in [4.69, 9.17) is 9.47 Å². The smallest absolute Gasteiger partial charge is 0.193 e. The fourth-order valence-corrected chi connectivity index (χ4v) is 6.53. The molecular weight excluding hydrogens is 540 g/mol. The summed E-state index contributed by atoms with van der Waals surface area (Å²) >= 11 is 0. The van der Waals surface area contributed by atoms with Crippen molar-refractivity contribution in [1.82, 2.24) is 0 Å². The summed E-state index contributed by atoms with van der Waals surface area (Å²) in [6.45, 7) is 4.22. The lowest BCUT2D eigenvalue weighted by molar-refractivity contribution is 0.103. The molecule has 0 N–H and O–H groups in total. The number of ketones is 1. The number of hydrogen-bond donors (Lipinski definition) is 0. The largest absolute Gasteiger partial charge is 0.497 e. The van der Waals surface area contributed by atoms with E-state index in [0.717, 1.165) is 17.1 Å². The maximum atomic E-state index is 13.0. The molecule has 44 heavy (non-hydrogen) atoms. The zero-order chi connectivity index (χ0) is 30.3. The highest BCUT2D eigenvalue weighted by atomic mass is 16.5. The lowest BCUT2D eigenvalue weighted by atomic mass is 9.67. The molecule has 3 heteroatoms. The molecule has 6 aromatic rings. The molecule has 7 rings (SSSR count). The highest BCUT2D eigenvalue weighted by Crippen LogP contribution is 2.56. The van der Waals surface area contributed by atoms with Gasteiger partial charge in [-0.3, -0.25) is 4.79 Å². The maximum absolute atomic E-state index is 13.0. The predicted molar refractivity (Wildman–Crippen MR) is 176 cm³/mol. The molecule has 214 valence electrons. The Bertz CT molecular complexity index is 1940. The van der Waals surface area contributed by atoms with Crippen LogP contribution in [-0.4, -0.2) is 12.9 Å². The van der Waals surface area contributed by atoms with Crippen LogP contribution in [-0.2, 0) is 5.41 Å². The minimum atomic E-state index is -0.451. The number of benzene rings is 6. The number of fused-ring (bicyclic) bond motifs is 3. The van der Waals surface area contributed by atoms with Crippen LogP contribution in [0.15, 0.2) is 140 Å². The van der Waals surface area contributed by atoms with Crippen LogP contribution in [0.1, 0.15) is 49.3 Å². The summed E-state index contributed by atoms with van der Waals surface area (Å²) in [4.78, 5) is 13.0. The molecule has 0 amide bonds. The Kier molecular flexibility index (Phi) is 6.87. The van der Waals surface area contributed by atoms with Gasteiger partial charge in [0.2, 0.25) is 0 Å². The molecule has 0 aliphatic heterocycles. The van der Waals surface area contributed by atoms with Gasteiger partial charge in [0.15, 0.2) is 5.78 Å². The van der Waals surface area contributed by atoms with Crippen LogP contribution in [0.5, 0.6) is 17.2 Å². The van der Waals surface area contributed by atoms with E-state index in [-0.39, 0.29) is 5.78 Å². The second-order valence-electron chi connectivity index (χ2n) is 11.4. The summed E-state index contributed by atoms with van der Waals surface area (Å²) in [6.07, 6.45) is 0. The fraction of sp³-hybridized carbons (Fsp3) is 0.0976. The van der Waals surface area contributed by atoms with Crippen molar-refractivity contribution in [3.63, 3.8) is 0 Å². The number of methoxy groups -OCH3 is 1. The molecule has 1 aliphatic carbocycles. The second-order valence-corrected chi connectivity index (χ2v) is 11.4. The second kappa shape index (κ2) is 11.0. The van der Waals surface area contributed by atoms with E-state index >= 15 is 0 Å². The molecule has 0 spiro atoms. The van der Waals surface area contributed by atoms with Crippen molar-refractivity contribution in [2.45, 2.75) is 19.3 Å². The Balaban J connectivity index is 1.24. The Morgan fingerprint density at radius 2 is 1.09 bits per heavy atom. The summed E-state index contributed by atoms with van der Waals surface area (Å²) in [5.74, 6) is 2.13. The van der Waals surface area contributed by atoms with Gasteiger partial charge in [0.25, 0.3) is 0 Å². The predicted octanol–water partition coefficient (Wildman–Crippen LogP) is 9.70. The van der Waals surface area contributed by atoms with E-state index in [9.17, 15) is 4.79 Å². The summed E-state index contributed by atoms with van der Waals surface area (Å²) in [7, 11) is 1.61. The average Bonchev–Trinajstić information content (AvgIpc) is 3.37. The van der Waals surface area contributed by atoms with Crippen molar-refractivity contribution in [2.75, 3.05) is 7.11 Å². The van der Waals surface area contributed by atoms with Crippen molar-refractivity contribution in [3.05, 3.63) is 184 Å². The van der Waals surface area contributed by atoms with E-state index in [2.05, 4.69) is 105 Å².